The normalized spacial score (nSPS) is 11.3. The lowest BCUT2D eigenvalue weighted by atomic mass is 10.2. The average Bonchev–Trinajstić information content (AvgIpc) is 2.46. The zero-order chi connectivity index (χ0) is 15.0. The fourth-order valence-electron chi connectivity index (χ4n) is 1.36. The lowest BCUT2D eigenvalue weighted by Gasteiger charge is -2.11. The Morgan fingerprint density at radius 3 is 2.60 bits per heavy atom. The highest BCUT2D eigenvalue weighted by Gasteiger charge is 2.11. The minimum absolute atomic E-state index is 0.160. The standard InChI is InChI=1S/C14H18N2O4/c1-3-4-12(15)14(18)16-10-5-7-11(8-6-10)20-9-13(17)19-2/h3,5-8,12H,1,4,9,15H2,2H3,(H,16,18). The fourth-order valence-corrected chi connectivity index (χ4v) is 1.36. The van der Waals surface area contributed by atoms with Gasteiger partial charge in [0, 0.05) is 5.69 Å². The van der Waals surface area contributed by atoms with Gasteiger partial charge in [0.1, 0.15) is 5.75 Å². The third-order valence-electron chi connectivity index (χ3n) is 2.46. The molecule has 0 aliphatic carbocycles. The van der Waals surface area contributed by atoms with E-state index in [4.69, 9.17) is 10.5 Å². The Morgan fingerprint density at radius 1 is 1.40 bits per heavy atom. The number of nitrogens with two attached hydrogens (primary N) is 1. The number of hydrogen-bond donors (Lipinski definition) is 2. The molecule has 0 heterocycles. The molecule has 0 radical (unpaired) electrons. The quantitative estimate of drug-likeness (QED) is 0.575. The first kappa shape index (κ1) is 15.7. The van der Waals surface area contributed by atoms with E-state index in [9.17, 15) is 9.59 Å². The van der Waals surface area contributed by atoms with E-state index in [2.05, 4.69) is 16.6 Å². The predicted octanol–water partition coefficient (Wildman–Crippen LogP) is 1.08. The third kappa shape index (κ3) is 5.11. The first-order valence-corrected chi connectivity index (χ1v) is 6.04. The van der Waals surface area contributed by atoms with Crippen molar-refractivity contribution in [3.63, 3.8) is 0 Å². The van der Waals surface area contributed by atoms with Crippen molar-refractivity contribution in [2.24, 2.45) is 5.73 Å². The summed E-state index contributed by atoms with van der Waals surface area (Å²) < 4.78 is 9.63. The molecular formula is C14H18N2O4. The molecule has 108 valence electrons. The van der Waals surface area contributed by atoms with Crippen molar-refractivity contribution in [3.8, 4) is 5.75 Å². The van der Waals surface area contributed by atoms with Gasteiger partial charge < -0.3 is 20.5 Å². The summed E-state index contributed by atoms with van der Waals surface area (Å²) in [4.78, 5) is 22.6. The van der Waals surface area contributed by atoms with Crippen LogP contribution in [-0.2, 0) is 14.3 Å². The summed E-state index contributed by atoms with van der Waals surface area (Å²) in [5, 5.41) is 2.67. The van der Waals surface area contributed by atoms with E-state index in [1.165, 1.54) is 7.11 Å². The van der Waals surface area contributed by atoms with Crippen molar-refractivity contribution in [1.29, 1.82) is 0 Å². The van der Waals surface area contributed by atoms with Crippen molar-refractivity contribution < 1.29 is 19.1 Å². The predicted molar refractivity (Wildman–Crippen MR) is 75.4 cm³/mol. The van der Waals surface area contributed by atoms with E-state index < -0.39 is 12.0 Å². The van der Waals surface area contributed by atoms with E-state index in [1.807, 2.05) is 0 Å². The highest BCUT2D eigenvalue weighted by Crippen LogP contribution is 2.16. The van der Waals surface area contributed by atoms with Crippen LogP contribution in [0.3, 0.4) is 0 Å². The molecule has 1 amide bonds. The van der Waals surface area contributed by atoms with Gasteiger partial charge in [-0.05, 0) is 30.7 Å². The first-order chi connectivity index (χ1) is 9.56. The highest BCUT2D eigenvalue weighted by atomic mass is 16.6. The van der Waals surface area contributed by atoms with E-state index >= 15 is 0 Å². The van der Waals surface area contributed by atoms with E-state index in [1.54, 1.807) is 30.3 Å². The van der Waals surface area contributed by atoms with Crippen LogP contribution in [0.2, 0.25) is 0 Å². The van der Waals surface area contributed by atoms with Crippen LogP contribution in [0.5, 0.6) is 5.75 Å². The third-order valence-corrected chi connectivity index (χ3v) is 2.46. The molecule has 20 heavy (non-hydrogen) atoms. The molecule has 0 aliphatic rings. The number of nitrogens with one attached hydrogen (secondary N) is 1. The molecule has 0 fully saturated rings. The van der Waals surface area contributed by atoms with Crippen molar-refractivity contribution >= 4 is 17.6 Å². The summed E-state index contributed by atoms with van der Waals surface area (Å²) in [5.74, 6) is -0.241. The highest BCUT2D eigenvalue weighted by molar-refractivity contribution is 5.94. The SMILES string of the molecule is C=CCC(N)C(=O)Nc1ccc(OCC(=O)OC)cc1. The molecule has 1 aromatic rings. The van der Waals surface area contributed by atoms with Crippen LogP contribution in [-0.4, -0.2) is 31.6 Å². The van der Waals surface area contributed by atoms with Crippen molar-refractivity contribution in [3.05, 3.63) is 36.9 Å². The number of esters is 1. The molecule has 0 spiro atoms. The molecule has 1 unspecified atom stereocenters. The Hall–Kier alpha value is -2.34. The van der Waals surface area contributed by atoms with Gasteiger partial charge in [-0.15, -0.1) is 6.58 Å². The number of benzene rings is 1. The molecule has 6 heteroatoms. The van der Waals surface area contributed by atoms with Crippen molar-refractivity contribution in [1.82, 2.24) is 0 Å². The van der Waals surface area contributed by atoms with Crippen LogP contribution in [0.4, 0.5) is 5.69 Å². The van der Waals surface area contributed by atoms with Gasteiger partial charge in [0.25, 0.3) is 0 Å². The topological polar surface area (TPSA) is 90.7 Å². The maximum Gasteiger partial charge on any atom is 0.343 e. The van der Waals surface area contributed by atoms with E-state index in [0.717, 1.165) is 0 Å². The molecule has 0 bridgehead atoms. The van der Waals surface area contributed by atoms with Gasteiger partial charge >= 0.3 is 5.97 Å². The van der Waals surface area contributed by atoms with Gasteiger partial charge in [0.2, 0.25) is 5.91 Å². The molecule has 0 aliphatic heterocycles. The number of hydrogen-bond acceptors (Lipinski definition) is 5. The van der Waals surface area contributed by atoms with Crippen LogP contribution in [0, 0.1) is 0 Å². The zero-order valence-electron chi connectivity index (χ0n) is 11.3. The van der Waals surface area contributed by atoms with Crippen LogP contribution in [0.25, 0.3) is 0 Å². The maximum atomic E-state index is 11.7. The molecule has 0 saturated heterocycles. The van der Waals surface area contributed by atoms with Gasteiger partial charge in [-0.25, -0.2) is 4.79 Å². The number of carbonyl (C=O) groups is 2. The Morgan fingerprint density at radius 2 is 2.05 bits per heavy atom. The Kier molecular flexibility index (Phi) is 6.25. The minimum Gasteiger partial charge on any atom is -0.482 e. The Labute approximate surface area is 117 Å². The fraction of sp³-hybridized carbons (Fsp3) is 0.286. The monoisotopic (exact) mass is 278 g/mol. The van der Waals surface area contributed by atoms with Crippen molar-refractivity contribution in [2.45, 2.75) is 12.5 Å². The van der Waals surface area contributed by atoms with Gasteiger partial charge in [-0.2, -0.15) is 0 Å². The number of methoxy groups -OCH3 is 1. The second kappa shape index (κ2) is 7.96. The summed E-state index contributed by atoms with van der Waals surface area (Å²) in [6.07, 6.45) is 2.00. The molecule has 3 N–H and O–H groups in total. The summed E-state index contributed by atoms with van der Waals surface area (Å²) in [6.45, 7) is 3.37. The first-order valence-electron chi connectivity index (χ1n) is 6.04. The number of amides is 1. The summed E-state index contributed by atoms with van der Waals surface area (Å²) in [5.41, 5.74) is 6.24. The number of rotatable bonds is 7. The number of carbonyl (C=O) groups excluding carboxylic acids is 2. The molecule has 1 rings (SSSR count). The van der Waals surface area contributed by atoms with Crippen LogP contribution >= 0.6 is 0 Å². The van der Waals surface area contributed by atoms with E-state index in [-0.39, 0.29) is 12.5 Å². The Bertz CT molecular complexity index is 471. The molecule has 6 nitrogen and oxygen atoms in total. The zero-order valence-corrected chi connectivity index (χ0v) is 11.3. The molecule has 0 saturated carbocycles. The lowest BCUT2D eigenvalue weighted by molar-refractivity contribution is -0.142. The molecule has 1 aromatic carbocycles. The smallest absolute Gasteiger partial charge is 0.343 e. The number of ether oxygens (including phenoxy) is 2. The van der Waals surface area contributed by atoms with Gasteiger partial charge in [0.15, 0.2) is 6.61 Å². The average molecular weight is 278 g/mol. The summed E-state index contributed by atoms with van der Waals surface area (Å²) in [7, 11) is 1.29. The van der Waals surface area contributed by atoms with Crippen molar-refractivity contribution in [2.75, 3.05) is 19.0 Å². The second-order valence-corrected chi connectivity index (χ2v) is 4.01. The van der Waals surface area contributed by atoms with E-state index in [0.29, 0.717) is 17.9 Å². The largest absolute Gasteiger partial charge is 0.482 e. The number of anilines is 1. The van der Waals surface area contributed by atoms with Gasteiger partial charge in [-0.1, -0.05) is 6.08 Å². The maximum absolute atomic E-state index is 11.7. The Balaban J connectivity index is 2.52. The molecule has 0 aromatic heterocycles. The second-order valence-electron chi connectivity index (χ2n) is 4.01. The summed E-state index contributed by atoms with van der Waals surface area (Å²) in [6, 6.07) is 5.97. The summed E-state index contributed by atoms with van der Waals surface area (Å²) >= 11 is 0. The van der Waals surface area contributed by atoms with Crippen LogP contribution in [0.1, 0.15) is 6.42 Å². The molecular weight excluding hydrogens is 260 g/mol. The van der Waals surface area contributed by atoms with Gasteiger partial charge in [-0.3, -0.25) is 4.79 Å². The van der Waals surface area contributed by atoms with Crippen LogP contribution in [0.15, 0.2) is 36.9 Å². The van der Waals surface area contributed by atoms with Gasteiger partial charge in [0.05, 0.1) is 13.2 Å². The minimum atomic E-state index is -0.622. The lowest BCUT2D eigenvalue weighted by Crippen LogP contribution is -2.35. The molecule has 1 atom stereocenters. The van der Waals surface area contributed by atoms with Crippen LogP contribution < -0.4 is 15.8 Å².